The van der Waals surface area contributed by atoms with Gasteiger partial charge in [-0.3, -0.25) is 14.4 Å². The Hall–Kier alpha value is -2.02. The van der Waals surface area contributed by atoms with Crippen LogP contribution in [0.3, 0.4) is 0 Å². The van der Waals surface area contributed by atoms with Gasteiger partial charge < -0.3 is 15.0 Å². The van der Waals surface area contributed by atoms with E-state index < -0.39 is 18.0 Å². The molecule has 0 radical (unpaired) electrons. The highest BCUT2D eigenvalue weighted by atomic mass is 32.2. The number of carbonyl (C=O) groups is 3. The zero-order valence-electron chi connectivity index (χ0n) is 14.4. The number of benzene rings is 1. The van der Waals surface area contributed by atoms with Gasteiger partial charge in [-0.1, -0.05) is 6.07 Å². The van der Waals surface area contributed by atoms with E-state index in [4.69, 9.17) is 4.74 Å². The number of rotatable bonds is 6. The highest BCUT2D eigenvalue weighted by Crippen LogP contribution is 2.29. The van der Waals surface area contributed by atoms with Crippen molar-refractivity contribution in [2.24, 2.45) is 5.92 Å². The van der Waals surface area contributed by atoms with E-state index in [2.05, 4.69) is 5.32 Å². The van der Waals surface area contributed by atoms with E-state index in [1.807, 2.05) is 30.5 Å². The van der Waals surface area contributed by atoms with Gasteiger partial charge in [0.2, 0.25) is 5.91 Å². The predicted octanol–water partition coefficient (Wildman–Crippen LogP) is 1.97. The predicted molar refractivity (Wildman–Crippen MR) is 95.4 cm³/mol. The normalized spacial score (nSPS) is 21.1. The quantitative estimate of drug-likeness (QED) is 0.619. The summed E-state index contributed by atoms with van der Waals surface area (Å²) >= 11 is 1.60. The molecule has 1 aromatic carbocycles. The number of esters is 1. The van der Waals surface area contributed by atoms with Gasteiger partial charge >= 0.3 is 5.97 Å². The summed E-state index contributed by atoms with van der Waals surface area (Å²) in [6.45, 7) is 1.85. The third-order valence-electron chi connectivity index (χ3n) is 4.41. The van der Waals surface area contributed by atoms with Gasteiger partial charge in [-0.25, -0.2) is 0 Å². The summed E-state index contributed by atoms with van der Waals surface area (Å²) in [6.07, 6.45) is 3.21. The minimum atomic E-state index is -0.836. The van der Waals surface area contributed by atoms with Crippen molar-refractivity contribution in [3.8, 4) is 0 Å². The van der Waals surface area contributed by atoms with E-state index >= 15 is 0 Å². The van der Waals surface area contributed by atoms with Crippen molar-refractivity contribution in [1.29, 1.82) is 0 Å². The molecule has 1 saturated carbocycles. The Morgan fingerprint density at radius 3 is 2.80 bits per heavy atom. The molecule has 2 amide bonds. The minimum absolute atomic E-state index is 0.102. The monoisotopic (exact) mass is 362 g/mol. The molecule has 7 heteroatoms. The van der Waals surface area contributed by atoms with Gasteiger partial charge in [0.25, 0.3) is 5.91 Å². The maximum Gasteiger partial charge on any atom is 0.312 e. The molecule has 3 rings (SSSR count). The molecule has 1 aliphatic carbocycles. The lowest BCUT2D eigenvalue weighted by Crippen LogP contribution is -2.38. The molecule has 2 atom stereocenters. The van der Waals surface area contributed by atoms with Gasteiger partial charge in [-0.05, 0) is 44.2 Å². The number of hydrogen-bond donors (Lipinski definition) is 1. The Morgan fingerprint density at radius 2 is 2.12 bits per heavy atom. The fourth-order valence-electron chi connectivity index (χ4n) is 2.76. The molecule has 2 aliphatic rings. The third kappa shape index (κ3) is 4.34. The number of carbonyl (C=O) groups excluding carboxylic acids is 3. The van der Waals surface area contributed by atoms with E-state index in [9.17, 15) is 14.4 Å². The van der Waals surface area contributed by atoms with Gasteiger partial charge in [0, 0.05) is 29.6 Å². The lowest BCUT2D eigenvalue weighted by Gasteiger charge is -2.18. The van der Waals surface area contributed by atoms with Crippen molar-refractivity contribution in [3.05, 3.63) is 24.3 Å². The van der Waals surface area contributed by atoms with Crippen LogP contribution in [0.1, 0.15) is 26.2 Å². The number of thioether (sulfide) groups is 1. The highest BCUT2D eigenvalue weighted by molar-refractivity contribution is 7.98. The Balaban J connectivity index is 1.59. The lowest BCUT2D eigenvalue weighted by atomic mass is 10.1. The molecule has 1 aliphatic heterocycles. The van der Waals surface area contributed by atoms with Crippen LogP contribution in [0.25, 0.3) is 0 Å². The summed E-state index contributed by atoms with van der Waals surface area (Å²) in [6, 6.07) is 7.88. The zero-order chi connectivity index (χ0) is 18.0. The molecule has 134 valence electrons. The average Bonchev–Trinajstić information content (AvgIpc) is 3.33. The number of ether oxygens (including phenoxy) is 1. The second kappa shape index (κ2) is 7.47. The fraction of sp³-hybridized carbons (Fsp3) is 0.500. The smallest absolute Gasteiger partial charge is 0.312 e. The second-order valence-corrected chi connectivity index (χ2v) is 7.35. The standard InChI is InChI=1S/C18H22N2O4S/c1-11(17(22)19-13-6-7-13)24-18(23)12-8-16(21)20(10-12)14-4-3-5-15(9-14)25-2/h3-5,9,11-13H,6-8,10H2,1-2H3,(H,19,22)/t11-,12-/m1/s1. The van der Waals surface area contributed by atoms with Crippen LogP contribution in [0.2, 0.25) is 0 Å². The summed E-state index contributed by atoms with van der Waals surface area (Å²) in [5, 5.41) is 2.81. The van der Waals surface area contributed by atoms with Gasteiger partial charge in [0.05, 0.1) is 5.92 Å². The largest absolute Gasteiger partial charge is 0.452 e. The first-order valence-corrected chi connectivity index (χ1v) is 9.65. The van der Waals surface area contributed by atoms with Crippen LogP contribution in [0.15, 0.2) is 29.2 Å². The molecule has 1 N–H and O–H groups in total. The van der Waals surface area contributed by atoms with Crippen molar-refractivity contribution < 1.29 is 19.1 Å². The van der Waals surface area contributed by atoms with E-state index in [-0.39, 0.29) is 30.8 Å². The molecule has 1 aromatic rings. The molecule has 6 nitrogen and oxygen atoms in total. The van der Waals surface area contributed by atoms with Crippen molar-refractivity contribution in [3.63, 3.8) is 0 Å². The molecule has 1 saturated heterocycles. The van der Waals surface area contributed by atoms with Gasteiger partial charge in [0.1, 0.15) is 0 Å². The van der Waals surface area contributed by atoms with Crippen LogP contribution >= 0.6 is 11.8 Å². The van der Waals surface area contributed by atoms with Crippen LogP contribution in [0, 0.1) is 5.92 Å². The number of nitrogens with one attached hydrogen (secondary N) is 1. The Bertz CT molecular complexity index is 689. The number of hydrogen-bond acceptors (Lipinski definition) is 5. The van der Waals surface area contributed by atoms with Crippen LogP contribution in [0.5, 0.6) is 0 Å². The summed E-state index contributed by atoms with van der Waals surface area (Å²) in [4.78, 5) is 39.2. The maximum atomic E-state index is 12.3. The lowest BCUT2D eigenvalue weighted by molar-refractivity contribution is -0.158. The maximum absolute atomic E-state index is 12.3. The molecule has 0 unspecified atom stereocenters. The molecule has 0 bridgehead atoms. The summed E-state index contributed by atoms with van der Waals surface area (Å²) in [5.41, 5.74) is 0.784. The van der Waals surface area contributed by atoms with Crippen molar-refractivity contribution >= 4 is 35.2 Å². The Labute approximate surface area is 151 Å². The van der Waals surface area contributed by atoms with Crippen LogP contribution in [-0.2, 0) is 19.1 Å². The van der Waals surface area contributed by atoms with Crippen LogP contribution < -0.4 is 10.2 Å². The van der Waals surface area contributed by atoms with Gasteiger partial charge in [-0.15, -0.1) is 11.8 Å². The zero-order valence-corrected chi connectivity index (χ0v) is 15.2. The number of amides is 2. The van der Waals surface area contributed by atoms with E-state index in [0.717, 1.165) is 23.4 Å². The van der Waals surface area contributed by atoms with E-state index in [0.29, 0.717) is 0 Å². The first-order chi connectivity index (χ1) is 12.0. The molecule has 2 fully saturated rings. The number of nitrogens with zero attached hydrogens (tertiary/aromatic N) is 1. The van der Waals surface area contributed by atoms with Crippen molar-refractivity contribution in [2.75, 3.05) is 17.7 Å². The van der Waals surface area contributed by atoms with Crippen LogP contribution in [-0.4, -0.2) is 42.7 Å². The SMILES string of the molecule is CSc1cccc(N2C[C@H](C(=O)O[C@H](C)C(=O)NC3CC3)CC2=O)c1. The number of anilines is 1. The molecule has 1 heterocycles. The van der Waals surface area contributed by atoms with E-state index in [1.165, 1.54) is 0 Å². The molecular weight excluding hydrogens is 340 g/mol. The molecule has 25 heavy (non-hydrogen) atoms. The van der Waals surface area contributed by atoms with Crippen LogP contribution in [0.4, 0.5) is 5.69 Å². The van der Waals surface area contributed by atoms with E-state index in [1.54, 1.807) is 23.6 Å². The molecule has 0 spiro atoms. The topological polar surface area (TPSA) is 75.7 Å². The fourth-order valence-corrected chi connectivity index (χ4v) is 3.22. The first kappa shape index (κ1) is 17.8. The van der Waals surface area contributed by atoms with Gasteiger partial charge in [-0.2, -0.15) is 0 Å². The van der Waals surface area contributed by atoms with Crippen molar-refractivity contribution in [1.82, 2.24) is 5.32 Å². The summed E-state index contributed by atoms with van der Waals surface area (Å²) in [7, 11) is 0. The summed E-state index contributed by atoms with van der Waals surface area (Å²) in [5.74, 6) is -1.41. The third-order valence-corrected chi connectivity index (χ3v) is 5.13. The Morgan fingerprint density at radius 1 is 1.36 bits per heavy atom. The minimum Gasteiger partial charge on any atom is -0.452 e. The van der Waals surface area contributed by atoms with Crippen molar-refractivity contribution in [2.45, 2.75) is 43.2 Å². The summed E-state index contributed by atoms with van der Waals surface area (Å²) < 4.78 is 5.27. The second-order valence-electron chi connectivity index (χ2n) is 6.47. The Kier molecular flexibility index (Phi) is 5.32. The molecular formula is C18H22N2O4S. The average molecular weight is 362 g/mol. The molecule has 0 aromatic heterocycles. The first-order valence-electron chi connectivity index (χ1n) is 8.43. The highest BCUT2D eigenvalue weighted by Gasteiger charge is 2.37. The van der Waals surface area contributed by atoms with Gasteiger partial charge in [0.15, 0.2) is 6.10 Å².